The maximum absolute atomic E-state index is 12.8. The Hall–Kier alpha value is -2.37. The molecule has 0 aliphatic rings. The Kier molecular flexibility index (Phi) is 8.66. The first-order valence-corrected chi connectivity index (χ1v) is 9.73. The van der Waals surface area contributed by atoms with Crippen LogP contribution in [0.25, 0.3) is 0 Å². The number of rotatable bonds is 8. The van der Waals surface area contributed by atoms with Crippen molar-refractivity contribution in [2.75, 3.05) is 7.05 Å². The largest absolute Gasteiger partial charge is 0.444 e. The molecule has 0 fully saturated rings. The van der Waals surface area contributed by atoms with Crippen LogP contribution in [0.15, 0.2) is 30.3 Å². The van der Waals surface area contributed by atoms with Crippen LogP contribution in [0.4, 0.5) is 4.79 Å². The van der Waals surface area contributed by atoms with Gasteiger partial charge in [-0.1, -0.05) is 44.2 Å². The van der Waals surface area contributed by atoms with Gasteiger partial charge >= 0.3 is 6.09 Å². The van der Waals surface area contributed by atoms with Gasteiger partial charge in [-0.3, -0.25) is 14.5 Å². The molecule has 0 saturated carbocycles. The zero-order chi connectivity index (χ0) is 21.5. The van der Waals surface area contributed by atoms with Crippen molar-refractivity contribution < 1.29 is 19.1 Å². The summed E-state index contributed by atoms with van der Waals surface area (Å²) in [6, 6.07) is 8.05. The lowest BCUT2D eigenvalue weighted by Crippen LogP contribution is -2.52. The van der Waals surface area contributed by atoms with E-state index in [0.717, 1.165) is 5.56 Å². The summed E-state index contributed by atoms with van der Waals surface area (Å²) in [4.78, 5) is 39.0. The molecule has 6 nitrogen and oxygen atoms in total. The molecule has 1 rings (SSSR count). The molecule has 1 N–H and O–H groups in total. The summed E-state index contributed by atoms with van der Waals surface area (Å²) in [6.07, 6.45) is 0.164. The van der Waals surface area contributed by atoms with Crippen molar-refractivity contribution in [3.63, 3.8) is 0 Å². The molecule has 2 atom stereocenters. The lowest BCUT2D eigenvalue weighted by Gasteiger charge is -2.31. The molecule has 0 radical (unpaired) electrons. The quantitative estimate of drug-likeness (QED) is 0.736. The number of carbonyl (C=O) groups excluding carboxylic acids is 3. The van der Waals surface area contributed by atoms with Gasteiger partial charge in [0.25, 0.3) is 0 Å². The third kappa shape index (κ3) is 8.11. The van der Waals surface area contributed by atoms with Crippen molar-refractivity contribution in [1.82, 2.24) is 10.2 Å². The zero-order valence-corrected chi connectivity index (χ0v) is 18.1. The number of benzene rings is 1. The Bertz CT molecular complexity index is 665. The number of nitrogens with one attached hydrogen (secondary N) is 1. The van der Waals surface area contributed by atoms with Crippen molar-refractivity contribution >= 4 is 17.8 Å². The molecule has 0 aliphatic heterocycles. The monoisotopic (exact) mass is 390 g/mol. The van der Waals surface area contributed by atoms with Crippen molar-refractivity contribution in [1.29, 1.82) is 0 Å². The highest BCUT2D eigenvalue weighted by Crippen LogP contribution is 2.16. The second-order valence-electron chi connectivity index (χ2n) is 8.60. The number of hydrogen-bond donors (Lipinski definition) is 1. The lowest BCUT2D eigenvalue weighted by atomic mass is 10.0. The summed E-state index contributed by atoms with van der Waals surface area (Å²) >= 11 is 0. The van der Waals surface area contributed by atoms with Crippen LogP contribution in [0.2, 0.25) is 0 Å². The van der Waals surface area contributed by atoms with E-state index in [9.17, 15) is 14.4 Å². The average molecular weight is 391 g/mol. The molecule has 0 bridgehead atoms. The van der Waals surface area contributed by atoms with Crippen LogP contribution in [-0.2, 0) is 20.7 Å². The molecular weight excluding hydrogens is 356 g/mol. The maximum Gasteiger partial charge on any atom is 0.410 e. The van der Waals surface area contributed by atoms with E-state index < -0.39 is 23.8 Å². The van der Waals surface area contributed by atoms with Crippen molar-refractivity contribution in [3.05, 3.63) is 35.9 Å². The third-order valence-electron chi connectivity index (χ3n) is 4.21. The Labute approximate surface area is 168 Å². The first kappa shape index (κ1) is 23.7. The molecule has 6 heteroatoms. The fraction of sp³-hybridized carbons (Fsp3) is 0.591. The fourth-order valence-electron chi connectivity index (χ4n) is 2.69. The summed E-state index contributed by atoms with van der Waals surface area (Å²) in [5.41, 5.74) is 0.251. The number of hydrogen-bond acceptors (Lipinski definition) is 4. The summed E-state index contributed by atoms with van der Waals surface area (Å²) in [6.45, 7) is 11.0. The van der Waals surface area contributed by atoms with E-state index in [4.69, 9.17) is 4.74 Å². The molecule has 0 heterocycles. The fourth-order valence-corrected chi connectivity index (χ4v) is 2.69. The molecule has 2 amide bonds. The molecule has 0 unspecified atom stereocenters. The normalized spacial score (nSPS) is 13.6. The topological polar surface area (TPSA) is 75.7 Å². The Morgan fingerprint density at radius 3 is 2.14 bits per heavy atom. The van der Waals surface area contributed by atoms with E-state index >= 15 is 0 Å². The van der Waals surface area contributed by atoms with Gasteiger partial charge in [0, 0.05) is 13.5 Å². The van der Waals surface area contributed by atoms with Gasteiger partial charge in [0.1, 0.15) is 11.6 Å². The maximum atomic E-state index is 12.8. The highest BCUT2D eigenvalue weighted by atomic mass is 16.6. The van der Waals surface area contributed by atoms with E-state index in [1.807, 2.05) is 44.2 Å². The Morgan fingerprint density at radius 1 is 1.07 bits per heavy atom. The molecule has 156 valence electrons. The van der Waals surface area contributed by atoms with E-state index in [1.165, 1.54) is 4.90 Å². The standard InChI is InChI=1S/C22H34N2O4/c1-15(2)13-18(24(7)21(27)28-22(4,5)6)20(26)23-16(3)19(25)14-17-11-9-8-10-12-17/h8-12,15-16,18H,13-14H2,1-7H3,(H,23,26)/t16-,18-/m0/s1. The number of likely N-dealkylation sites (N-methyl/N-ethyl adjacent to an activating group) is 1. The van der Waals surface area contributed by atoms with Gasteiger partial charge in [-0.05, 0) is 45.6 Å². The molecule has 1 aromatic carbocycles. The van der Waals surface area contributed by atoms with Crippen LogP contribution in [0.1, 0.15) is 53.5 Å². The van der Waals surface area contributed by atoms with Crippen LogP contribution in [0.3, 0.4) is 0 Å². The SMILES string of the molecule is CC(C)C[C@@H](C(=O)N[C@@H](C)C(=O)Cc1ccccc1)N(C)C(=O)OC(C)(C)C. The predicted octanol–water partition coefficient (Wildman–Crippen LogP) is 3.58. The number of nitrogens with zero attached hydrogens (tertiary/aromatic N) is 1. The summed E-state index contributed by atoms with van der Waals surface area (Å²) in [5, 5.41) is 2.77. The van der Waals surface area contributed by atoms with Crippen molar-refractivity contribution in [2.24, 2.45) is 5.92 Å². The summed E-state index contributed by atoms with van der Waals surface area (Å²) in [5.74, 6) is -0.241. The third-order valence-corrected chi connectivity index (χ3v) is 4.21. The number of amides is 2. The minimum absolute atomic E-state index is 0.0808. The van der Waals surface area contributed by atoms with Gasteiger partial charge in [0.05, 0.1) is 6.04 Å². The van der Waals surface area contributed by atoms with Gasteiger partial charge < -0.3 is 10.1 Å². The van der Waals surface area contributed by atoms with Crippen LogP contribution >= 0.6 is 0 Å². The second-order valence-corrected chi connectivity index (χ2v) is 8.60. The van der Waals surface area contributed by atoms with Gasteiger partial charge in [-0.2, -0.15) is 0 Å². The van der Waals surface area contributed by atoms with Crippen LogP contribution in [0, 0.1) is 5.92 Å². The van der Waals surface area contributed by atoms with Gasteiger partial charge in [-0.25, -0.2) is 4.79 Å². The minimum Gasteiger partial charge on any atom is -0.444 e. The number of ether oxygens (including phenoxy) is 1. The first-order valence-electron chi connectivity index (χ1n) is 9.73. The van der Waals surface area contributed by atoms with Crippen LogP contribution in [0.5, 0.6) is 0 Å². The predicted molar refractivity (Wildman–Crippen MR) is 110 cm³/mol. The van der Waals surface area contributed by atoms with Crippen LogP contribution < -0.4 is 5.32 Å². The molecule has 0 aromatic heterocycles. The first-order chi connectivity index (χ1) is 12.9. The molecular formula is C22H34N2O4. The van der Waals surface area contributed by atoms with E-state index in [0.29, 0.717) is 6.42 Å². The summed E-state index contributed by atoms with van der Waals surface area (Å²) < 4.78 is 5.38. The lowest BCUT2D eigenvalue weighted by molar-refractivity contribution is -0.130. The van der Waals surface area contributed by atoms with E-state index in [-0.39, 0.29) is 24.0 Å². The van der Waals surface area contributed by atoms with Crippen molar-refractivity contribution in [2.45, 2.75) is 72.1 Å². The number of carbonyl (C=O) groups is 3. The molecule has 28 heavy (non-hydrogen) atoms. The minimum atomic E-state index is -0.707. The average Bonchev–Trinajstić information content (AvgIpc) is 2.58. The van der Waals surface area contributed by atoms with Gasteiger partial charge in [0.15, 0.2) is 5.78 Å². The molecule has 0 saturated heterocycles. The Balaban J connectivity index is 2.80. The second kappa shape index (κ2) is 10.2. The molecule has 0 spiro atoms. The van der Waals surface area contributed by atoms with E-state index in [1.54, 1.807) is 34.7 Å². The number of Topliss-reactive ketones (excluding diaryl/α,β-unsaturated/α-hetero) is 1. The summed E-state index contributed by atoms with van der Waals surface area (Å²) in [7, 11) is 1.55. The molecule has 0 aliphatic carbocycles. The smallest absolute Gasteiger partial charge is 0.410 e. The highest BCUT2D eigenvalue weighted by Gasteiger charge is 2.32. The Morgan fingerprint density at radius 2 is 1.64 bits per heavy atom. The zero-order valence-electron chi connectivity index (χ0n) is 18.1. The van der Waals surface area contributed by atoms with Crippen molar-refractivity contribution in [3.8, 4) is 0 Å². The van der Waals surface area contributed by atoms with Crippen LogP contribution in [-0.4, -0.2) is 47.4 Å². The van der Waals surface area contributed by atoms with E-state index in [2.05, 4.69) is 5.32 Å². The number of ketones is 1. The van der Waals surface area contributed by atoms with Gasteiger partial charge in [0.2, 0.25) is 5.91 Å². The van der Waals surface area contributed by atoms with Gasteiger partial charge in [-0.15, -0.1) is 0 Å². The highest BCUT2D eigenvalue weighted by molar-refractivity contribution is 5.92. The molecule has 1 aromatic rings.